The number of carbonyl (C=O) groups is 1. The third-order valence-corrected chi connectivity index (χ3v) is 2.98. The van der Waals surface area contributed by atoms with Crippen molar-refractivity contribution in [3.8, 4) is 6.07 Å². The van der Waals surface area contributed by atoms with Crippen LogP contribution < -0.4 is 10.6 Å². The maximum atomic E-state index is 12.3. The first kappa shape index (κ1) is 14.8. The van der Waals surface area contributed by atoms with Crippen molar-refractivity contribution in [2.45, 2.75) is 6.92 Å². The Morgan fingerprint density at radius 1 is 1.43 bits per heavy atom. The van der Waals surface area contributed by atoms with Crippen molar-refractivity contribution in [1.29, 1.82) is 5.26 Å². The van der Waals surface area contributed by atoms with E-state index in [0.29, 0.717) is 34.2 Å². The molecule has 6 heteroatoms. The molecular weight excluding hydrogens is 288 g/mol. The number of carbonyl (C=O) groups excluding carboxylic acids is 1. The molecule has 21 heavy (non-hydrogen) atoms. The number of pyridine rings is 1. The Balaban J connectivity index is 2.31. The summed E-state index contributed by atoms with van der Waals surface area (Å²) >= 11 is 5.90. The highest BCUT2D eigenvalue weighted by molar-refractivity contribution is 6.31. The van der Waals surface area contributed by atoms with E-state index in [-0.39, 0.29) is 5.91 Å². The molecule has 2 N–H and O–H groups in total. The maximum Gasteiger partial charge on any atom is 0.259 e. The summed E-state index contributed by atoms with van der Waals surface area (Å²) in [4.78, 5) is 16.5. The quantitative estimate of drug-likeness (QED) is 0.908. The van der Waals surface area contributed by atoms with E-state index in [1.54, 1.807) is 36.5 Å². The van der Waals surface area contributed by atoms with Crippen LogP contribution in [-0.4, -0.2) is 17.4 Å². The van der Waals surface area contributed by atoms with Crippen molar-refractivity contribution in [3.63, 3.8) is 0 Å². The van der Waals surface area contributed by atoms with Crippen LogP contribution in [0, 0.1) is 11.3 Å². The SMILES string of the molecule is CCNc1ncccc1C(=O)Nc1cc(Cl)ccc1C#N. The molecule has 5 nitrogen and oxygen atoms in total. The lowest BCUT2D eigenvalue weighted by atomic mass is 10.1. The fourth-order valence-corrected chi connectivity index (χ4v) is 1.98. The molecule has 0 aliphatic heterocycles. The van der Waals surface area contributed by atoms with E-state index in [1.165, 1.54) is 0 Å². The van der Waals surface area contributed by atoms with Gasteiger partial charge in [0.1, 0.15) is 11.9 Å². The third-order valence-electron chi connectivity index (χ3n) is 2.75. The number of nitriles is 1. The Morgan fingerprint density at radius 3 is 2.95 bits per heavy atom. The van der Waals surface area contributed by atoms with E-state index in [0.717, 1.165) is 0 Å². The number of anilines is 2. The van der Waals surface area contributed by atoms with Gasteiger partial charge < -0.3 is 10.6 Å². The second-order valence-corrected chi connectivity index (χ2v) is 4.62. The zero-order chi connectivity index (χ0) is 15.2. The predicted octanol–water partition coefficient (Wildman–Crippen LogP) is 3.29. The second-order valence-electron chi connectivity index (χ2n) is 4.19. The summed E-state index contributed by atoms with van der Waals surface area (Å²) < 4.78 is 0. The van der Waals surface area contributed by atoms with Crippen molar-refractivity contribution < 1.29 is 4.79 Å². The number of halogens is 1. The van der Waals surface area contributed by atoms with Crippen molar-refractivity contribution in [2.24, 2.45) is 0 Å². The zero-order valence-electron chi connectivity index (χ0n) is 11.4. The van der Waals surface area contributed by atoms with Gasteiger partial charge in [-0.2, -0.15) is 5.26 Å². The topological polar surface area (TPSA) is 77.8 Å². The highest BCUT2D eigenvalue weighted by atomic mass is 35.5. The highest BCUT2D eigenvalue weighted by Crippen LogP contribution is 2.22. The summed E-state index contributed by atoms with van der Waals surface area (Å²) in [7, 11) is 0. The number of amides is 1. The molecule has 0 saturated heterocycles. The minimum Gasteiger partial charge on any atom is -0.370 e. The normalized spacial score (nSPS) is 9.76. The van der Waals surface area contributed by atoms with Gasteiger partial charge in [-0.3, -0.25) is 4.79 Å². The van der Waals surface area contributed by atoms with Gasteiger partial charge in [-0.05, 0) is 37.3 Å². The first-order chi connectivity index (χ1) is 10.2. The number of rotatable bonds is 4. The molecule has 0 atom stereocenters. The molecule has 2 aromatic rings. The number of benzene rings is 1. The van der Waals surface area contributed by atoms with Crippen LogP contribution >= 0.6 is 11.6 Å². The standard InChI is InChI=1S/C15H13ClN4O/c1-2-18-14-12(4-3-7-19-14)15(21)20-13-8-11(16)6-5-10(13)9-17/h3-8H,2H2,1H3,(H,18,19)(H,20,21). The number of nitrogens with zero attached hydrogens (tertiary/aromatic N) is 2. The van der Waals surface area contributed by atoms with E-state index < -0.39 is 0 Å². The van der Waals surface area contributed by atoms with Crippen LogP contribution in [-0.2, 0) is 0 Å². The Kier molecular flexibility index (Phi) is 4.75. The van der Waals surface area contributed by atoms with E-state index >= 15 is 0 Å². The van der Waals surface area contributed by atoms with Crippen LogP contribution in [0.5, 0.6) is 0 Å². The van der Waals surface area contributed by atoms with E-state index in [1.807, 2.05) is 13.0 Å². The number of aromatic nitrogens is 1. The molecule has 0 aliphatic carbocycles. The van der Waals surface area contributed by atoms with Crippen LogP contribution in [0.1, 0.15) is 22.8 Å². The van der Waals surface area contributed by atoms with Gasteiger partial charge >= 0.3 is 0 Å². The second kappa shape index (κ2) is 6.73. The van der Waals surface area contributed by atoms with Crippen LogP contribution in [0.3, 0.4) is 0 Å². The maximum absolute atomic E-state index is 12.3. The van der Waals surface area contributed by atoms with Gasteiger partial charge in [0.05, 0.1) is 16.8 Å². The van der Waals surface area contributed by atoms with Gasteiger partial charge in [0.2, 0.25) is 0 Å². The lowest BCUT2D eigenvalue weighted by Crippen LogP contribution is -2.16. The number of hydrogen-bond acceptors (Lipinski definition) is 4. The molecular formula is C15H13ClN4O. The Morgan fingerprint density at radius 2 is 2.24 bits per heavy atom. The first-order valence-corrected chi connectivity index (χ1v) is 6.73. The largest absolute Gasteiger partial charge is 0.370 e. The minimum absolute atomic E-state index is 0.349. The van der Waals surface area contributed by atoms with Gasteiger partial charge in [-0.25, -0.2) is 4.98 Å². The lowest BCUT2D eigenvalue weighted by molar-refractivity contribution is 0.102. The molecule has 2 rings (SSSR count). The molecule has 0 unspecified atom stereocenters. The Bertz CT molecular complexity index is 709. The Labute approximate surface area is 127 Å². The minimum atomic E-state index is -0.349. The molecule has 0 saturated carbocycles. The molecule has 106 valence electrons. The van der Waals surface area contributed by atoms with Crippen LogP contribution in [0.25, 0.3) is 0 Å². The van der Waals surface area contributed by atoms with Crippen LogP contribution in [0.4, 0.5) is 11.5 Å². The summed E-state index contributed by atoms with van der Waals surface area (Å²) in [5.41, 5.74) is 1.13. The fourth-order valence-electron chi connectivity index (χ4n) is 1.80. The molecule has 0 bridgehead atoms. The average Bonchev–Trinajstić information content (AvgIpc) is 2.48. The molecule has 1 heterocycles. The van der Waals surface area contributed by atoms with Gasteiger partial charge in [0.25, 0.3) is 5.91 Å². The summed E-state index contributed by atoms with van der Waals surface area (Å²) in [6.45, 7) is 2.57. The molecule has 0 radical (unpaired) electrons. The summed E-state index contributed by atoms with van der Waals surface area (Å²) in [5.74, 6) is 0.149. The van der Waals surface area contributed by atoms with E-state index in [9.17, 15) is 4.79 Å². The fraction of sp³-hybridized carbons (Fsp3) is 0.133. The summed E-state index contributed by atoms with van der Waals surface area (Å²) in [6, 6.07) is 10.1. The lowest BCUT2D eigenvalue weighted by Gasteiger charge is -2.11. The smallest absolute Gasteiger partial charge is 0.259 e. The molecule has 1 aromatic heterocycles. The van der Waals surface area contributed by atoms with E-state index in [4.69, 9.17) is 16.9 Å². The molecule has 1 aromatic carbocycles. The van der Waals surface area contributed by atoms with Gasteiger partial charge in [0, 0.05) is 17.8 Å². The van der Waals surface area contributed by atoms with Crippen molar-refractivity contribution >= 4 is 29.0 Å². The predicted molar refractivity (Wildman–Crippen MR) is 82.5 cm³/mol. The van der Waals surface area contributed by atoms with Crippen molar-refractivity contribution in [1.82, 2.24) is 4.98 Å². The summed E-state index contributed by atoms with van der Waals surface area (Å²) in [5, 5.41) is 15.2. The molecule has 0 spiro atoms. The molecule has 0 fully saturated rings. The van der Waals surface area contributed by atoms with Crippen LogP contribution in [0.15, 0.2) is 36.5 Å². The van der Waals surface area contributed by atoms with Gasteiger partial charge in [-0.1, -0.05) is 11.6 Å². The summed E-state index contributed by atoms with van der Waals surface area (Å²) in [6.07, 6.45) is 1.61. The van der Waals surface area contributed by atoms with Gasteiger partial charge in [0.15, 0.2) is 0 Å². The van der Waals surface area contributed by atoms with Crippen LogP contribution in [0.2, 0.25) is 5.02 Å². The first-order valence-electron chi connectivity index (χ1n) is 6.35. The monoisotopic (exact) mass is 300 g/mol. The Hall–Kier alpha value is -2.58. The van der Waals surface area contributed by atoms with Gasteiger partial charge in [-0.15, -0.1) is 0 Å². The highest BCUT2D eigenvalue weighted by Gasteiger charge is 2.14. The van der Waals surface area contributed by atoms with Crippen molar-refractivity contribution in [2.75, 3.05) is 17.2 Å². The molecule has 1 amide bonds. The zero-order valence-corrected chi connectivity index (χ0v) is 12.1. The average molecular weight is 301 g/mol. The van der Waals surface area contributed by atoms with E-state index in [2.05, 4.69) is 15.6 Å². The van der Waals surface area contributed by atoms with Crippen molar-refractivity contribution in [3.05, 3.63) is 52.7 Å². The third kappa shape index (κ3) is 3.50. The number of hydrogen-bond donors (Lipinski definition) is 2. The number of nitrogens with one attached hydrogen (secondary N) is 2. The molecule has 0 aliphatic rings.